The molecule has 0 saturated carbocycles. The van der Waals surface area contributed by atoms with Crippen LogP contribution >= 0.6 is 0 Å². The molecule has 1 N–H and O–H groups in total. The van der Waals surface area contributed by atoms with Crippen LogP contribution in [0.2, 0.25) is 0 Å². The second kappa shape index (κ2) is 8.11. The molecular weight excluding hydrogens is 334 g/mol. The summed E-state index contributed by atoms with van der Waals surface area (Å²) in [4.78, 5) is 35.8. The van der Waals surface area contributed by atoms with Crippen molar-refractivity contribution in [3.05, 3.63) is 82.2 Å². The summed E-state index contributed by atoms with van der Waals surface area (Å²) in [6.45, 7) is 0.438. The number of para-hydroxylation sites is 1. The number of ether oxygens (including phenoxy) is 1. The number of amides is 1. The highest BCUT2D eigenvalue weighted by Crippen LogP contribution is 2.12. The molecule has 0 fully saturated rings. The van der Waals surface area contributed by atoms with Gasteiger partial charge in [-0.2, -0.15) is 0 Å². The van der Waals surface area contributed by atoms with Gasteiger partial charge in [0, 0.05) is 11.9 Å². The van der Waals surface area contributed by atoms with Crippen molar-refractivity contribution in [2.75, 3.05) is 13.2 Å². The lowest BCUT2D eigenvalue weighted by Crippen LogP contribution is -2.29. The highest BCUT2D eigenvalue weighted by Gasteiger charge is 2.13. The molecule has 6 nitrogen and oxygen atoms in total. The molecule has 0 aliphatic carbocycles. The Labute approximate surface area is 149 Å². The van der Waals surface area contributed by atoms with E-state index in [4.69, 9.17) is 9.15 Å². The summed E-state index contributed by atoms with van der Waals surface area (Å²) < 4.78 is 10.3. The maximum atomic E-state index is 12.1. The van der Waals surface area contributed by atoms with Crippen molar-refractivity contribution in [3.8, 4) is 0 Å². The zero-order valence-electron chi connectivity index (χ0n) is 13.9. The second-order valence-electron chi connectivity index (χ2n) is 5.60. The smallest absolute Gasteiger partial charge is 0.349 e. The molecule has 1 aromatic heterocycles. The number of esters is 1. The summed E-state index contributed by atoms with van der Waals surface area (Å²) in [5.74, 6) is -0.925. The van der Waals surface area contributed by atoms with Crippen LogP contribution in [0.1, 0.15) is 27.1 Å². The van der Waals surface area contributed by atoms with Gasteiger partial charge in [-0.05, 0) is 30.7 Å². The number of rotatable bonds is 6. The minimum atomic E-state index is -0.684. The Bertz CT molecular complexity index is 978. The summed E-state index contributed by atoms with van der Waals surface area (Å²) in [6, 6.07) is 17.1. The van der Waals surface area contributed by atoms with E-state index in [1.54, 1.807) is 48.5 Å². The van der Waals surface area contributed by atoms with E-state index in [2.05, 4.69) is 5.32 Å². The van der Waals surface area contributed by atoms with E-state index in [0.717, 1.165) is 0 Å². The Hall–Kier alpha value is -3.41. The first kappa shape index (κ1) is 17.4. The Morgan fingerprint density at radius 2 is 1.73 bits per heavy atom. The van der Waals surface area contributed by atoms with Crippen molar-refractivity contribution in [1.82, 2.24) is 5.32 Å². The topological polar surface area (TPSA) is 85.6 Å². The standard InChI is InChI=1S/C20H17NO5/c22-18(16-13-15-9-4-5-10-17(15)26-20(16)24)21-11-6-12-25-19(23)14-7-2-1-3-8-14/h1-5,7-10,13H,6,11-12H2,(H,21,22). The lowest BCUT2D eigenvalue weighted by Gasteiger charge is -2.06. The number of nitrogens with one attached hydrogen (secondary N) is 1. The van der Waals surface area contributed by atoms with Crippen LogP contribution in [0.15, 0.2) is 69.9 Å². The van der Waals surface area contributed by atoms with Gasteiger partial charge in [-0.25, -0.2) is 9.59 Å². The number of benzene rings is 2. The minimum absolute atomic E-state index is 0.0509. The first-order valence-corrected chi connectivity index (χ1v) is 8.18. The summed E-state index contributed by atoms with van der Waals surface area (Å²) in [7, 11) is 0. The van der Waals surface area contributed by atoms with Gasteiger partial charge in [0.1, 0.15) is 11.1 Å². The van der Waals surface area contributed by atoms with E-state index in [-0.39, 0.29) is 18.7 Å². The lowest BCUT2D eigenvalue weighted by molar-refractivity contribution is 0.0501. The molecule has 3 rings (SSSR count). The number of carbonyl (C=O) groups is 2. The molecule has 6 heteroatoms. The summed E-state index contributed by atoms with van der Waals surface area (Å²) in [5, 5.41) is 3.30. The molecule has 132 valence electrons. The number of fused-ring (bicyclic) bond motifs is 1. The Morgan fingerprint density at radius 1 is 1.00 bits per heavy atom. The highest BCUT2D eigenvalue weighted by atomic mass is 16.5. The number of hydrogen-bond acceptors (Lipinski definition) is 5. The Kier molecular flexibility index (Phi) is 5.43. The van der Waals surface area contributed by atoms with Crippen molar-refractivity contribution in [2.45, 2.75) is 6.42 Å². The quantitative estimate of drug-likeness (QED) is 0.419. The van der Waals surface area contributed by atoms with Crippen LogP contribution < -0.4 is 10.9 Å². The average Bonchev–Trinajstić information content (AvgIpc) is 2.67. The van der Waals surface area contributed by atoms with Crippen molar-refractivity contribution < 1.29 is 18.7 Å². The third-order valence-electron chi connectivity index (χ3n) is 3.74. The third-order valence-corrected chi connectivity index (χ3v) is 3.74. The van der Waals surface area contributed by atoms with Crippen molar-refractivity contribution in [3.63, 3.8) is 0 Å². The van der Waals surface area contributed by atoms with Crippen LogP contribution in [0.5, 0.6) is 0 Å². The summed E-state index contributed by atoms with van der Waals surface area (Å²) in [5.41, 5.74) is 0.175. The van der Waals surface area contributed by atoms with Crippen molar-refractivity contribution >= 4 is 22.8 Å². The molecule has 0 radical (unpaired) electrons. The zero-order chi connectivity index (χ0) is 18.4. The van der Waals surface area contributed by atoms with E-state index in [1.165, 1.54) is 6.07 Å². The van der Waals surface area contributed by atoms with Crippen LogP contribution in [0.25, 0.3) is 11.0 Å². The fraction of sp³-hybridized carbons (Fsp3) is 0.150. The van der Waals surface area contributed by atoms with E-state index < -0.39 is 17.5 Å². The predicted molar refractivity (Wildman–Crippen MR) is 96.2 cm³/mol. The van der Waals surface area contributed by atoms with Crippen LogP contribution in [0.4, 0.5) is 0 Å². The van der Waals surface area contributed by atoms with E-state index in [0.29, 0.717) is 23.0 Å². The fourth-order valence-electron chi connectivity index (χ4n) is 2.41. The molecular formula is C20H17NO5. The van der Waals surface area contributed by atoms with Crippen molar-refractivity contribution in [2.24, 2.45) is 0 Å². The number of carbonyl (C=O) groups excluding carboxylic acids is 2. The SMILES string of the molecule is O=C(OCCCNC(=O)c1cc2ccccc2oc1=O)c1ccccc1. The van der Waals surface area contributed by atoms with Crippen molar-refractivity contribution in [1.29, 1.82) is 0 Å². The molecule has 0 bridgehead atoms. The maximum absolute atomic E-state index is 12.1. The van der Waals surface area contributed by atoms with E-state index in [9.17, 15) is 14.4 Å². The van der Waals surface area contributed by atoms with Gasteiger partial charge < -0.3 is 14.5 Å². The first-order chi connectivity index (χ1) is 12.6. The molecule has 0 aliphatic rings. The van der Waals surface area contributed by atoms with Gasteiger partial charge in [0.25, 0.3) is 5.91 Å². The molecule has 0 unspecified atom stereocenters. The fourth-order valence-corrected chi connectivity index (χ4v) is 2.41. The molecule has 1 heterocycles. The summed E-state index contributed by atoms with van der Waals surface area (Å²) in [6.07, 6.45) is 0.434. The normalized spacial score (nSPS) is 10.5. The predicted octanol–water partition coefficient (Wildman–Crippen LogP) is 2.77. The molecule has 0 atom stereocenters. The molecule has 0 spiro atoms. The Morgan fingerprint density at radius 3 is 2.54 bits per heavy atom. The van der Waals surface area contributed by atoms with Gasteiger partial charge in [0.05, 0.1) is 12.2 Å². The van der Waals surface area contributed by atoms with Gasteiger partial charge in [-0.15, -0.1) is 0 Å². The first-order valence-electron chi connectivity index (χ1n) is 8.18. The average molecular weight is 351 g/mol. The maximum Gasteiger partial charge on any atom is 0.349 e. The molecule has 0 saturated heterocycles. The lowest BCUT2D eigenvalue weighted by atomic mass is 10.2. The zero-order valence-corrected chi connectivity index (χ0v) is 13.9. The minimum Gasteiger partial charge on any atom is -0.462 e. The highest BCUT2D eigenvalue weighted by molar-refractivity contribution is 5.96. The van der Waals surface area contributed by atoms with Gasteiger partial charge in [0.2, 0.25) is 0 Å². The van der Waals surface area contributed by atoms with E-state index in [1.807, 2.05) is 6.07 Å². The molecule has 1 amide bonds. The second-order valence-corrected chi connectivity index (χ2v) is 5.60. The Balaban J connectivity index is 1.49. The molecule has 2 aromatic carbocycles. The van der Waals surface area contributed by atoms with E-state index >= 15 is 0 Å². The van der Waals surface area contributed by atoms with Crippen LogP contribution in [-0.2, 0) is 4.74 Å². The molecule has 0 aliphatic heterocycles. The molecule has 3 aromatic rings. The third kappa shape index (κ3) is 4.16. The largest absolute Gasteiger partial charge is 0.462 e. The van der Waals surface area contributed by atoms with Gasteiger partial charge in [0.15, 0.2) is 0 Å². The summed E-state index contributed by atoms with van der Waals surface area (Å²) >= 11 is 0. The van der Waals surface area contributed by atoms with Gasteiger partial charge in [-0.1, -0.05) is 36.4 Å². The van der Waals surface area contributed by atoms with Gasteiger partial charge >= 0.3 is 11.6 Å². The van der Waals surface area contributed by atoms with Crippen LogP contribution in [-0.4, -0.2) is 25.0 Å². The number of hydrogen-bond donors (Lipinski definition) is 1. The van der Waals surface area contributed by atoms with Crippen LogP contribution in [0, 0.1) is 0 Å². The van der Waals surface area contributed by atoms with Gasteiger partial charge in [-0.3, -0.25) is 4.79 Å². The van der Waals surface area contributed by atoms with Crippen LogP contribution in [0.3, 0.4) is 0 Å². The molecule has 26 heavy (non-hydrogen) atoms. The monoisotopic (exact) mass is 351 g/mol.